The molecule has 6 rings (SSSR count). The molecule has 41 heavy (non-hydrogen) atoms. The Bertz CT molecular complexity index is 1640. The summed E-state index contributed by atoms with van der Waals surface area (Å²) < 4.78 is 11.1. The van der Waals surface area contributed by atoms with Gasteiger partial charge in [0.15, 0.2) is 11.6 Å². The summed E-state index contributed by atoms with van der Waals surface area (Å²) in [6, 6.07) is 16.3. The van der Waals surface area contributed by atoms with E-state index in [0.717, 1.165) is 11.3 Å². The number of halogens is 1. The number of carbonyl (C=O) groups excluding carboxylic acids is 3. The Morgan fingerprint density at radius 3 is 2.46 bits per heavy atom. The Kier molecular flexibility index (Phi) is 6.27. The molecule has 1 amide bonds. The molecule has 1 fully saturated rings. The fraction of sp³-hybridized carbons (Fsp3) is 0.303. The number of nitrogens with one attached hydrogen (secondary N) is 1. The number of nitrogens with zero attached hydrogens (tertiary/aromatic N) is 1. The number of benzene rings is 3. The summed E-state index contributed by atoms with van der Waals surface area (Å²) in [5.74, 6) is -1.11. The molecule has 1 saturated heterocycles. The van der Waals surface area contributed by atoms with Crippen LogP contribution in [0, 0.1) is 11.3 Å². The summed E-state index contributed by atoms with van der Waals surface area (Å²) in [6.45, 7) is 5.52. The van der Waals surface area contributed by atoms with Crippen LogP contribution in [0.1, 0.15) is 42.3 Å². The number of ketones is 2. The minimum absolute atomic E-state index is 0.145. The van der Waals surface area contributed by atoms with Crippen LogP contribution in [-0.2, 0) is 15.0 Å². The average molecular weight is 571 g/mol. The van der Waals surface area contributed by atoms with E-state index < -0.39 is 28.8 Å². The Hall–Kier alpha value is -4.10. The van der Waals surface area contributed by atoms with E-state index in [2.05, 4.69) is 5.32 Å². The zero-order valence-corrected chi connectivity index (χ0v) is 24.3. The molecule has 0 unspecified atom stereocenters. The van der Waals surface area contributed by atoms with E-state index in [1.54, 1.807) is 24.3 Å². The lowest BCUT2D eigenvalue weighted by molar-refractivity contribution is -0.128. The van der Waals surface area contributed by atoms with Gasteiger partial charge in [-0.3, -0.25) is 14.4 Å². The van der Waals surface area contributed by atoms with Crippen LogP contribution in [-0.4, -0.2) is 43.8 Å². The summed E-state index contributed by atoms with van der Waals surface area (Å²) >= 11 is 6.36. The van der Waals surface area contributed by atoms with Gasteiger partial charge in [0.25, 0.3) is 0 Å². The van der Waals surface area contributed by atoms with Crippen molar-refractivity contribution in [1.82, 2.24) is 0 Å². The number of rotatable bonds is 5. The smallest absolute Gasteiger partial charge is 0.238 e. The number of methoxy groups -OCH3 is 2. The second-order valence-corrected chi connectivity index (χ2v) is 12.2. The first-order valence-electron chi connectivity index (χ1n) is 13.5. The largest absolute Gasteiger partial charge is 0.497 e. The van der Waals surface area contributed by atoms with E-state index in [9.17, 15) is 9.59 Å². The highest BCUT2D eigenvalue weighted by Gasteiger charge is 2.71. The number of hydrogen-bond acceptors (Lipinski definition) is 6. The first kappa shape index (κ1) is 27.1. The van der Waals surface area contributed by atoms with Crippen LogP contribution in [0.15, 0.2) is 66.7 Å². The van der Waals surface area contributed by atoms with Crippen molar-refractivity contribution in [2.45, 2.75) is 38.3 Å². The maximum atomic E-state index is 15.0. The molecule has 210 valence electrons. The van der Waals surface area contributed by atoms with Gasteiger partial charge < -0.3 is 19.7 Å². The topological polar surface area (TPSA) is 84.9 Å². The molecular weight excluding hydrogens is 540 g/mol. The van der Waals surface area contributed by atoms with Crippen LogP contribution in [0.3, 0.4) is 0 Å². The van der Waals surface area contributed by atoms with Crippen LogP contribution in [0.2, 0.25) is 5.02 Å². The first-order valence-corrected chi connectivity index (χ1v) is 13.9. The third kappa shape index (κ3) is 3.82. The molecule has 7 nitrogen and oxygen atoms in total. The van der Waals surface area contributed by atoms with Gasteiger partial charge in [-0.15, -0.1) is 0 Å². The Balaban J connectivity index is 1.70. The molecule has 0 saturated carbocycles. The Morgan fingerprint density at radius 1 is 1.00 bits per heavy atom. The Labute approximate surface area is 244 Å². The van der Waals surface area contributed by atoms with Gasteiger partial charge in [-0.25, -0.2) is 0 Å². The molecule has 0 radical (unpaired) electrons. The maximum Gasteiger partial charge on any atom is 0.238 e. The monoisotopic (exact) mass is 570 g/mol. The van der Waals surface area contributed by atoms with Crippen LogP contribution >= 0.6 is 11.6 Å². The quantitative estimate of drug-likeness (QED) is 0.382. The normalized spacial score (nSPS) is 24.0. The molecule has 4 atom stereocenters. The van der Waals surface area contributed by atoms with E-state index in [1.807, 2.05) is 74.2 Å². The molecular formula is C33H31ClN2O5. The third-order valence-corrected chi connectivity index (χ3v) is 8.79. The third-order valence-electron chi connectivity index (χ3n) is 8.56. The van der Waals surface area contributed by atoms with Gasteiger partial charge in [0.2, 0.25) is 5.91 Å². The highest BCUT2D eigenvalue weighted by atomic mass is 35.5. The van der Waals surface area contributed by atoms with Gasteiger partial charge in [-0.2, -0.15) is 0 Å². The lowest BCUT2D eigenvalue weighted by atomic mass is 9.63. The number of para-hydroxylation sites is 1. The summed E-state index contributed by atoms with van der Waals surface area (Å²) in [5.41, 5.74) is 0.906. The van der Waals surface area contributed by atoms with Crippen molar-refractivity contribution < 1.29 is 23.9 Å². The lowest BCUT2D eigenvalue weighted by Crippen LogP contribution is -2.51. The molecule has 0 aliphatic carbocycles. The zero-order chi connectivity index (χ0) is 29.3. The molecule has 1 spiro atoms. The predicted molar refractivity (Wildman–Crippen MR) is 159 cm³/mol. The van der Waals surface area contributed by atoms with E-state index in [1.165, 1.54) is 14.2 Å². The molecule has 3 aliphatic heterocycles. The molecule has 3 aromatic rings. The standard InChI is InChI=1S/C33H31ClN2O5/c1-32(2,3)30(38)28-27(29(37)21-17-20(40-4)12-14-25(21)41-5)33(22-8-6-7-9-23(22)35-31(33)39)26-15-10-18-16-19(34)11-13-24(18)36(26)28/h6-17,26-28H,1-5H3,(H,35,39)/t26-,27+,28-,33+/m1/s1. The average Bonchev–Trinajstić information content (AvgIpc) is 3.43. The van der Waals surface area contributed by atoms with Gasteiger partial charge in [-0.1, -0.05) is 62.7 Å². The van der Waals surface area contributed by atoms with E-state index in [4.69, 9.17) is 21.1 Å². The number of hydrogen-bond donors (Lipinski definition) is 1. The summed E-state index contributed by atoms with van der Waals surface area (Å²) in [5, 5.41) is 3.59. The zero-order valence-electron chi connectivity index (χ0n) is 23.5. The molecule has 0 aromatic heterocycles. The number of fused-ring (bicyclic) bond motifs is 6. The van der Waals surface area contributed by atoms with Gasteiger partial charge in [0.05, 0.1) is 31.7 Å². The van der Waals surface area contributed by atoms with Crippen LogP contribution in [0.25, 0.3) is 6.08 Å². The molecule has 8 heteroatoms. The molecule has 1 N–H and O–H groups in total. The molecule has 3 heterocycles. The lowest BCUT2D eigenvalue weighted by Gasteiger charge is -2.38. The molecule has 3 aromatic carbocycles. The van der Waals surface area contributed by atoms with Crippen molar-refractivity contribution in [3.63, 3.8) is 0 Å². The summed E-state index contributed by atoms with van der Waals surface area (Å²) in [4.78, 5) is 45.9. The summed E-state index contributed by atoms with van der Waals surface area (Å²) in [6.07, 6.45) is 3.86. The summed E-state index contributed by atoms with van der Waals surface area (Å²) in [7, 11) is 3.01. The molecule has 0 bridgehead atoms. The maximum absolute atomic E-state index is 15.0. The van der Waals surface area contributed by atoms with Crippen molar-refractivity contribution in [2.75, 3.05) is 24.4 Å². The fourth-order valence-electron chi connectivity index (χ4n) is 6.77. The van der Waals surface area contributed by atoms with E-state index in [0.29, 0.717) is 27.8 Å². The second kappa shape index (κ2) is 9.48. The number of carbonyl (C=O) groups is 3. The SMILES string of the molecule is COc1ccc(OC)c(C(=O)[C@@H]2[C@H](C(=O)C(C)(C)C)N3c4ccc(Cl)cc4C=C[C@@H]3[C@]23C(=O)Nc2ccccc23)c1. The Morgan fingerprint density at radius 2 is 1.76 bits per heavy atom. The molecule has 3 aliphatic rings. The van der Waals surface area contributed by atoms with Gasteiger partial charge >= 0.3 is 0 Å². The highest BCUT2D eigenvalue weighted by molar-refractivity contribution is 6.31. The predicted octanol–water partition coefficient (Wildman–Crippen LogP) is 5.95. The number of ether oxygens (including phenoxy) is 2. The van der Waals surface area contributed by atoms with Crippen molar-refractivity contribution in [3.05, 3.63) is 88.5 Å². The van der Waals surface area contributed by atoms with Gasteiger partial charge in [-0.05, 0) is 53.6 Å². The van der Waals surface area contributed by atoms with E-state index in [-0.39, 0.29) is 23.0 Å². The highest BCUT2D eigenvalue weighted by Crippen LogP contribution is 2.59. The first-order chi connectivity index (χ1) is 19.5. The van der Waals surface area contributed by atoms with Crippen molar-refractivity contribution >= 4 is 46.5 Å². The number of amides is 1. The van der Waals surface area contributed by atoms with Gasteiger partial charge in [0.1, 0.15) is 23.0 Å². The van der Waals surface area contributed by atoms with Crippen molar-refractivity contribution in [2.24, 2.45) is 11.3 Å². The van der Waals surface area contributed by atoms with Crippen molar-refractivity contribution in [1.29, 1.82) is 0 Å². The second-order valence-electron chi connectivity index (χ2n) is 11.8. The number of Topliss-reactive ketones (excluding diaryl/α,β-unsaturated/α-hetero) is 2. The van der Waals surface area contributed by atoms with Crippen molar-refractivity contribution in [3.8, 4) is 11.5 Å². The van der Waals surface area contributed by atoms with Crippen LogP contribution in [0.5, 0.6) is 11.5 Å². The number of anilines is 2. The van der Waals surface area contributed by atoms with E-state index >= 15 is 4.79 Å². The minimum atomic E-state index is -1.40. The van der Waals surface area contributed by atoms with Gasteiger partial charge in [0, 0.05) is 21.8 Å². The van der Waals surface area contributed by atoms with Crippen LogP contribution < -0.4 is 19.7 Å². The fourth-order valence-corrected chi connectivity index (χ4v) is 6.95. The minimum Gasteiger partial charge on any atom is -0.497 e. The van der Waals surface area contributed by atoms with Crippen LogP contribution in [0.4, 0.5) is 11.4 Å².